The van der Waals surface area contributed by atoms with Crippen LogP contribution in [-0.2, 0) is 17.7 Å². The molecule has 0 spiro atoms. The molecule has 0 amide bonds. The van der Waals surface area contributed by atoms with Gasteiger partial charge in [0.25, 0.3) is 0 Å². The molecule has 1 N–H and O–H groups in total. The van der Waals surface area contributed by atoms with Crippen molar-refractivity contribution in [3.63, 3.8) is 0 Å². The molecule has 114 valence electrons. The molecule has 2 rings (SSSR count). The summed E-state index contributed by atoms with van der Waals surface area (Å²) in [5, 5.41) is 8.19. The van der Waals surface area contributed by atoms with Gasteiger partial charge in [0.15, 0.2) is 0 Å². The van der Waals surface area contributed by atoms with Crippen molar-refractivity contribution in [2.45, 2.75) is 59.5 Å². The molecule has 4 heteroatoms. The van der Waals surface area contributed by atoms with Crippen molar-refractivity contribution in [3.8, 4) is 0 Å². The zero-order valence-electron chi connectivity index (χ0n) is 13.4. The number of hydrogen-bond donors (Lipinski definition) is 1. The number of hydrogen-bond acceptors (Lipinski definition) is 3. The summed E-state index contributed by atoms with van der Waals surface area (Å²) >= 11 is 0. The molecule has 0 aliphatic carbocycles. The van der Waals surface area contributed by atoms with E-state index in [1.165, 1.54) is 18.5 Å². The molecule has 1 fully saturated rings. The quantitative estimate of drug-likeness (QED) is 0.870. The Morgan fingerprint density at radius 1 is 1.50 bits per heavy atom. The molecule has 0 radical (unpaired) electrons. The molecule has 1 aliphatic rings. The van der Waals surface area contributed by atoms with Gasteiger partial charge in [-0.05, 0) is 39.2 Å². The first kappa shape index (κ1) is 15.5. The minimum Gasteiger partial charge on any atom is -0.381 e. The third-order valence-electron chi connectivity index (χ3n) is 4.13. The molecule has 0 aromatic carbocycles. The van der Waals surface area contributed by atoms with Crippen LogP contribution in [0, 0.1) is 12.3 Å². The maximum absolute atomic E-state index is 5.80. The largest absolute Gasteiger partial charge is 0.381 e. The van der Waals surface area contributed by atoms with E-state index in [4.69, 9.17) is 4.74 Å². The molecule has 1 aromatic heterocycles. The van der Waals surface area contributed by atoms with Crippen LogP contribution in [0.5, 0.6) is 0 Å². The van der Waals surface area contributed by atoms with Crippen LogP contribution in [0.3, 0.4) is 0 Å². The van der Waals surface area contributed by atoms with Gasteiger partial charge in [-0.2, -0.15) is 5.10 Å². The van der Waals surface area contributed by atoms with Gasteiger partial charge in [-0.3, -0.25) is 4.68 Å². The van der Waals surface area contributed by atoms with Gasteiger partial charge in [0, 0.05) is 36.8 Å². The second-order valence-electron chi connectivity index (χ2n) is 6.46. The van der Waals surface area contributed by atoms with Gasteiger partial charge >= 0.3 is 0 Å². The molecule has 1 unspecified atom stereocenters. The highest BCUT2D eigenvalue weighted by Gasteiger charge is 2.34. The van der Waals surface area contributed by atoms with E-state index in [9.17, 15) is 0 Å². The third kappa shape index (κ3) is 3.83. The summed E-state index contributed by atoms with van der Waals surface area (Å²) in [6, 6.07) is 2.75. The molecule has 0 bridgehead atoms. The first-order valence-corrected chi connectivity index (χ1v) is 7.89. The Labute approximate surface area is 122 Å². The fourth-order valence-electron chi connectivity index (χ4n) is 3.07. The number of rotatable bonds is 6. The number of ether oxygens (including phenoxy) is 1. The first-order valence-electron chi connectivity index (χ1n) is 7.89. The van der Waals surface area contributed by atoms with Gasteiger partial charge in [0.1, 0.15) is 0 Å². The van der Waals surface area contributed by atoms with E-state index in [1.54, 1.807) is 0 Å². The van der Waals surface area contributed by atoms with E-state index in [1.807, 2.05) is 0 Å². The SMILES string of the molecule is CCn1nc(C)cc1CC1(CNC(C)C)CCCOC1. The summed E-state index contributed by atoms with van der Waals surface area (Å²) in [6.45, 7) is 12.4. The van der Waals surface area contributed by atoms with Crippen molar-refractivity contribution in [2.24, 2.45) is 5.41 Å². The molecule has 2 heterocycles. The second kappa shape index (κ2) is 6.72. The van der Waals surface area contributed by atoms with Gasteiger partial charge in [-0.25, -0.2) is 0 Å². The minimum absolute atomic E-state index is 0.224. The Balaban J connectivity index is 2.13. The van der Waals surface area contributed by atoms with E-state index in [-0.39, 0.29) is 5.41 Å². The van der Waals surface area contributed by atoms with Gasteiger partial charge in [0.2, 0.25) is 0 Å². The minimum atomic E-state index is 0.224. The molecular weight excluding hydrogens is 250 g/mol. The van der Waals surface area contributed by atoms with Crippen LogP contribution in [0.25, 0.3) is 0 Å². The maximum Gasteiger partial charge on any atom is 0.0596 e. The topological polar surface area (TPSA) is 39.1 Å². The lowest BCUT2D eigenvalue weighted by Crippen LogP contribution is -2.44. The lowest BCUT2D eigenvalue weighted by Gasteiger charge is -2.38. The van der Waals surface area contributed by atoms with Gasteiger partial charge in [-0.15, -0.1) is 0 Å². The predicted octanol–water partition coefficient (Wildman–Crippen LogP) is 2.55. The van der Waals surface area contributed by atoms with E-state index < -0.39 is 0 Å². The highest BCUT2D eigenvalue weighted by atomic mass is 16.5. The van der Waals surface area contributed by atoms with Crippen molar-refractivity contribution in [1.82, 2.24) is 15.1 Å². The molecule has 20 heavy (non-hydrogen) atoms. The summed E-state index contributed by atoms with van der Waals surface area (Å²) in [5.74, 6) is 0. The van der Waals surface area contributed by atoms with Crippen LogP contribution in [0.15, 0.2) is 6.07 Å². The average molecular weight is 279 g/mol. The number of aromatic nitrogens is 2. The van der Waals surface area contributed by atoms with E-state index in [0.29, 0.717) is 6.04 Å². The smallest absolute Gasteiger partial charge is 0.0596 e. The van der Waals surface area contributed by atoms with Crippen LogP contribution in [0.4, 0.5) is 0 Å². The molecule has 1 aromatic rings. The third-order valence-corrected chi connectivity index (χ3v) is 4.13. The van der Waals surface area contributed by atoms with Crippen molar-refractivity contribution in [3.05, 3.63) is 17.5 Å². The lowest BCUT2D eigenvalue weighted by molar-refractivity contribution is -0.00900. The molecular formula is C16H29N3O. The standard InChI is InChI=1S/C16H29N3O/c1-5-19-15(9-14(4)18-19)10-16(11-17-13(2)3)7-6-8-20-12-16/h9,13,17H,5-8,10-12H2,1-4H3. The lowest BCUT2D eigenvalue weighted by atomic mass is 9.78. The van der Waals surface area contributed by atoms with E-state index in [2.05, 4.69) is 48.9 Å². The van der Waals surface area contributed by atoms with E-state index >= 15 is 0 Å². The van der Waals surface area contributed by atoms with Gasteiger partial charge in [-0.1, -0.05) is 13.8 Å². The summed E-state index contributed by atoms with van der Waals surface area (Å²) in [7, 11) is 0. The van der Waals surface area contributed by atoms with Crippen LogP contribution >= 0.6 is 0 Å². The van der Waals surface area contributed by atoms with E-state index in [0.717, 1.165) is 38.4 Å². The molecule has 1 atom stereocenters. The Hall–Kier alpha value is -0.870. The Kier molecular flexibility index (Phi) is 5.22. The predicted molar refractivity (Wildman–Crippen MR) is 82.0 cm³/mol. The highest BCUT2D eigenvalue weighted by Crippen LogP contribution is 2.32. The Morgan fingerprint density at radius 3 is 2.90 bits per heavy atom. The van der Waals surface area contributed by atoms with Crippen molar-refractivity contribution in [1.29, 1.82) is 0 Å². The normalized spacial score (nSPS) is 23.4. The number of nitrogens with zero attached hydrogens (tertiary/aromatic N) is 2. The van der Waals surface area contributed by atoms with Crippen molar-refractivity contribution in [2.75, 3.05) is 19.8 Å². The second-order valence-corrected chi connectivity index (χ2v) is 6.46. The fraction of sp³-hybridized carbons (Fsp3) is 0.812. The highest BCUT2D eigenvalue weighted by molar-refractivity contribution is 5.12. The summed E-state index contributed by atoms with van der Waals surface area (Å²) < 4.78 is 7.94. The zero-order valence-corrected chi connectivity index (χ0v) is 13.4. The summed E-state index contributed by atoms with van der Waals surface area (Å²) in [6.07, 6.45) is 3.46. The summed E-state index contributed by atoms with van der Waals surface area (Å²) in [4.78, 5) is 0. The molecule has 0 saturated carbocycles. The first-order chi connectivity index (χ1) is 9.54. The molecule has 1 saturated heterocycles. The fourth-order valence-corrected chi connectivity index (χ4v) is 3.07. The zero-order chi connectivity index (χ0) is 14.6. The van der Waals surface area contributed by atoms with Crippen LogP contribution in [-0.4, -0.2) is 35.6 Å². The van der Waals surface area contributed by atoms with Crippen molar-refractivity contribution < 1.29 is 4.74 Å². The average Bonchev–Trinajstić information content (AvgIpc) is 2.77. The Bertz CT molecular complexity index is 419. The van der Waals surface area contributed by atoms with Gasteiger partial charge in [0.05, 0.1) is 12.3 Å². The Morgan fingerprint density at radius 2 is 2.30 bits per heavy atom. The molecule has 4 nitrogen and oxygen atoms in total. The van der Waals surface area contributed by atoms with Crippen LogP contribution in [0.2, 0.25) is 0 Å². The maximum atomic E-state index is 5.80. The number of aryl methyl sites for hydroxylation is 2. The van der Waals surface area contributed by atoms with Crippen molar-refractivity contribution >= 4 is 0 Å². The van der Waals surface area contributed by atoms with Gasteiger partial charge < -0.3 is 10.1 Å². The number of nitrogens with one attached hydrogen (secondary N) is 1. The monoisotopic (exact) mass is 279 g/mol. The molecule has 1 aliphatic heterocycles. The van der Waals surface area contributed by atoms with Crippen LogP contribution < -0.4 is 5.32 Å². The van der Waals surface area contributed by atoms with Crippen LogP contribution in [0.1, 0.15) is 45.0 Å². The summed E-state index contributed by atoms with van der Waals surface area (Å²) in [5.41, 5.74) is 2.69.